The van der Waals surface area contributed by atoms with E-state index in [1.54, 1.807) is 0 Å². The van der Waals surface area contributed by atoms with Crippen molar-refractivity contribution in [1.82, 2.24) is 9.80 Å². The van der Waals surface area contributed by atoms with Gasteiger partial charge in [-0.15, -0.1) is 0 Å². The molecule has 0 saturated carbocycles. The number of guanidine groups is 1. The summed E-state index contributed by atoms with van der Waals surface area (Å²) in [6.07, 6.45) is 1.14. The number of nitrogens with one attached hydrogen (secondary N) is 1. The van der Waals surface area contributed by atoms with Gasteiger partial charge in [0, 0.05) is 26.7 Å². The molecule has 0 aromatic rings. The second-order valence-corrected chi connectivity index (χ2v) is 2.73. The molecule has 0 atom stereocenters. The van der Waals surface area contributed by atoms with Crippen molar-refractivity contribution in [2.24, 2.45) is 0 Å². The number of likely N-dealkylation sites (N-methyl/N-ethyl adjacent to an activating group) is 1. The van der Waals surface area contributed by atoms with Crippen LogP contribution in [0.4, 0.5) is 0 Å². The quantitative estimate of drug-likeness (QED) is 0.609. The van der Waals surface area contributed by atoms with Crippen LogP contribution in [-0.4, -0.2) is 42.4 Å². The van der Waals surface area contributed by atoms with E-state index in [1.165, 1.54) is 0 Å². The minimum absolute atomic E-state index is 0.682. The third-order valence-corrected chi connectivity index (χ3v) is 1.86. The summed E-state index contributed by atoms with van der Waals surface area (Å²) in [6, 6.07) is 0. The second kappa shape index (κ2) is 2.90. The number of hydrogen-bond acceptors (Lipinski definition) is 1. The van der Waals surface area contributed by atoms with Crippen LogP contribution in [0.5, 0.6) is 0 Å². The van der Waals surface area contributed by atoms with Crippen molar-refractivity contribution in [1.29, 1.82) is 5.41 Å². The molecule has 0 aliphatic carbocycles. The van der Waals surface area contributed by atoms with Crippen LogP contribution in [-0.2, 0) is 0 Å². The Bertz CT molecular complexity index is 131. The monoisotopic (exact) mass is 141 g/mol. The fourth-order valence-electron chi connectivity index (χ4n) is 1.21. The highest BCUT2D eigenvalue weighted by molar-refractivity contribution is 5.78. The summed E-state index contributed by atoms with van der Waals surface area (Å²) in [5.41, 5.74) is 0. The highest BCUT2D eigenvalue weighted by atomic mass is 15.4. The van der Waals surface area contributed by atoms with Crippen LogP contribution >= 0.6 is 0 Å². The van der Waals surface area contributed by atoms with Gasteiger partial charge in [0.25, 0.3) is 0 Å². The first-order valence-corrected chi connectivity index (χ1v) is 3.80. The van der Waals surface area contributed by atoms with Crippen LogP contribution in [0.1, 0.15) is 13.3 Å². The maximum atomic E-state index is 7.57. The van der Waals surface area contributed by atoms with Gasteiger partial charge in [-0.3, -0.25) is 5.41 Å². The third kappa shape index (κ3) is 1.23. The minimum atomic E-state index is 0.682. The van der Waals surface area contributed by atoms with Crippen molar-refractivity contribution >= 4 is 5.96 Å². The first kappa shape index (κ1) is 7.38. The lowest BCUT2D eigenvalue weighted by molar-refractivity contribution is 0.458. The van der Waals surface area contributed by atoms with E-state index in [-0.39, 0.29) is 0 Å². The number of nitrogens with zero attached hydrogens (tertiary/aromatic N) is 2. The van der Waals surface area contributed by atoms with Gasteiger partial charge < -0.3 is 9.80 Å². The molecule has 0 unspecified atom stereocenters. The van der Waals surface area contributed by atoms with Crippen LogP contribution in [0.2, 0.25) is 0 Å². The predicted octanol–water partition coefficient (Wildman–Crippen LogP) is 0.579. The summed E-state index contributed by atoms with van der Waals surface area (Å²) in [6.45, 7) is 5.22. The van der Waals surface area contributed by atoms with Gasteiger partial charge in [-0.2, -0.15) is 0 Å². The van der Waals surface area contributed by atoms with Crippen LogP contribution in [0.15, 0.2) is 0 Å². The zero-order valence-corrected chi connectivity index (χ0v) is 6.72. The van der Waals surface area contributed by atoms with E-state index in [2.05, 4.69) is 11.8 Å². The summed E-state index contributed by atoms with van der Waals surface area (Å²) in [7, 11) is 1.97. The lowest BCUT2D eigenvalue weighted by Gasteiger charge is -2.17. The fraction of sp³-hybridized carbons (Fsp3) is 0.857. The van der Waals surface area contributed by atoms with Crippen molar-refractivity contribution in [3.05, 3.63) is 0 Å². The van der Waals surface area contributed by atoms with Crippen molar-refractivity contribution < 1.29 is 0 Å². The molecular formula is C7H15N3. The zero-order valence-electron chi connectivity index (χ0n) is 6.72. The molecule has 1 heterocycles. The van der Waals surface area contributed by atoms with Gasteiger partial charge in [-0.25, -0.2) is 0 Å². The standard InChI is InChI=1S/C7H15N3/c1-3-4-10-6-5-9(2)7(10)8/h8H,3-6H2,1-2H3. The summed E-state index contributed by atoms with van der Waals surface area (Å²) < 4.78 is 0. The average molecular weight is 141 g/mol. The molecule has 3 nitrogen and oxygen atoms in total. The first-order valence-electron chi connectivity index (χ1n) is 3.80. The molecule has 1 aliphatic rings. The second-order valence-electron chi connectivity index (χ2n) is 2.73. The predicted molar refractivity (Wildman–Crippen MR) is 42.2 cm³/mol. The van der Waals surface area contributed by atoms with Gasteiger partial charge in [0.1, 0.15) is 0 Å². The maximum Gasteiger partial charge on any atom is 0.193 e. The Labute approximate surface area is 62.1 Å². The molecule has 0 spiro atoms. The Balaban J connectivity index is 2.41. The van der Waals surface area contributed by atoms with E-state index in [1.807, 2.05) is 11.9 Å². The summed E-state index contributed by atoms with van der Waals surface area (Å²) in [5, 5.41) is 7.57. The molecule has 3 heteroatoms. The maximum absolute atomic E-state index is 7.57. The Hall–Kier alpha value is -0.730. The molecule has 0 aromatic carbocycles. The van der Waals surface area contributed by atoms with E-state index >= 15 is 0 Å². The van der Waals surface area contributed by atoms with Crippen molar-refractivity contribution in [3.63, 3.8) is 0 Å². The molecule has 0 radical (unpaired) electrons. The highest BCUT2D eigenvalue weighted by Crippen LogP contribution is 2.04. The topological polar surface area (TPSA) is 30.3 Å². The Morgan fingerprint density at radius 3 is 2.60 bits per heavy atom. The average Bonchev–Trinajstić information content (AvgIpc) is 2.20. The van der Waals surface area contributed by atoms with Gasteiger partial charge in [-0.05, 0) is 6.42 Å². The fourth-order valence-corrected chi connectivity index (χ4v) is 1.21. The normalized spacial score (nSPS) is 18.8. The molecular weight excluding hydrogens is 126 g/mol. The summed E-state index contributed by atoms with van der Waals surface area (Å²) in [4.78, 5) is 4.09. The van der Waals surface area contributed by atoms with Gasteiger partial charge in [0.2, 0.25) is 0 Å². The van der Waals surface area contributed by atoms with E-state index in [0.29, 0.717) is 5.96 Å². The van der Waals surface area contributed by atoms with E-state index in [4.69, 9.17) is 5.41 Å². The Morgan fingerprint density at radius 2 is 2.20 bits per heavy atom. The highest BCUT2D eigenvalue weighted by Gasteiger charge is 2.19. The number of rotatable bonds is 2. The van der Waals surface area contributed by atoms with Gasteiger partial charge in [0.15, 0.2) is 5.96 Å². The Morgan fingerprint density at radius 1 is 1.50 bits per heavy atom. The molecule has 1 fully saturated rings. The lowest BCUT2D eigenvalue weighted by atomic mass is 10.4. The summed E-state index contributed by atoms with van der Waals surface area (Å²) >= 11 is 0. The lowest BCUT2D eigenvalue weighted by Crippen LogP contribution is -2.30. The van der Waals surface area contributed by atoms with E-state index in [0.717, 1.165) is 26.1 Å². The third-order valence-electron chi connectivity index (χ3n) is 1.86. The van der Waals surface area contributed by atoms with Crippen LogP contribution in [0.25, 0.3) is 0 Å². The molecule has 10 heavy (non-hydrogen) atoms. The van der Waals surface area contributed by atoms with Gasteiger partial charge >= 0.3 is 0 Å². The molecule has 0 bridgehead atoms. The van der Waals surface area contributed by atoms with Gasteiger partial charge in [0.05, 0.1) is 0 Å². The molecule has 58 valence electrons. The molecule has 1 saturated heterocycles. The summed E-state index contributed by atoms with van der Waals surface area (Å²) in [5.74, 6) is 0.682. The molecule has 1 aliphatic heterocycles. The van der Waals surface area contributed by atoms with E-state index < -0.39 is 0 Å². The molecule has 0 amide bonds. The molecule has 1 N–H and O–H groups in total. The molecule has 0 aromatic heterocycles. The minimum Gasteiger partial charge on any atom is -0.344 e. The number of hydrogen-bond donors (Lipinski definition) is 1. The smallest absolute Gasteiger partial charge is 0.193 e. The van der Waals surface area contributed by atoms with Crippen LogP contribution in [0, 0.1) is 5.41 Å². The van der Waals surface area contributed by atoms with Crippen molar-refractivity contribution in [3.8, 4) is 0 Å². The molecule has 1 rings (SSSR count). The first-order chi connectivity index (χ1) is 4.75. The Kier molecular flexibility index (Phi) is 2.14. The van der Waals surface area contributed by atoms with Crippen molar-refractivity contribution in [2.75, 3.05) is 26.7 Å². The van der Waals surface area contributed by atoms with Gasteiger partial charge in [-0.1, -0.05) is 6.92 Å². The zero-order chi connectivity index (χ0) is 7.56. The van der Waals surface area contributed by atoms with Crippen molar-refractivity contribution in [2.45, 2.75) is 13.3 Å². The van der Waals surface area contributed by atoms with E-state index in [9.17, 15) is 0 Å². The van der Waals surface area contributed by atoms with Crippen LogP contribution < -0.4 is 0 Å². The van der Waals surface area contributed by atoms with Crippen LogP contribution in [0.3, 0.4) is 0 Å². The largest absolute Gasteiger partial charge is 0.344 e. The SMILES string of the molecule is CCCN1CCN(C)C1=N.